The summed E-state index contributed by atoms with van der Waals surface area (Å²) in [4.78, 5) is 3.98. The van der Waals surface area contributed by atoms with Crippen molar-refractivity contribution < 1.29 is 8.42 Å². The van der Waals surface area contributed by atoms with Crippen LogP contribution in [-0.4, -0.2) is 47.9 Å². The van der Waals surface area contributed by atoms with Gasteiger partial charge in [0.2, 0.25) is 10.0 Å². The number of sulfonamides is 1. The van der Waals surface area contributed by atoms with Crippen LogP contribution in [0.25, 0.3) is 11.0 Å². The van der Waals surface area contributed by atoms with E-state index < -0.39 is 10.0 Å². The summed E-state index contributed by atoms with van der Waals surface area (Å²) in [5, 5.41) is 8.46. The Morgan fingerprint density at radius 2 is 1.69 bits per heavy atom. The second-order valence-corrected chi connectivity index (χ2v) is 9.28. The van der Waals surface area contributed by atoms with Crippen molar-refractivity contribution in [2.75, 3.05) is 19.6 Å². The fourth-order valence-corrected chi connectivity index (χ4v) is 5.23. The second-order valence-electron chi connectivity index (χ2n) is 7.54. The monoisotopic (exact) mass is 413 g/mol. The van der Waals surface area contributed by atoms with Crippen molar-refractivity contribution in [3.8, 4) is 0 Å². The predicted octanol–water partition coefficient (Wildman–Crippen LogP) is 2.86. The zero-order chi connectivity index (χ0) is 20.3. The Bertz CT molecular complexity index is 1060. The minimum absolute atomic E-state index is 0.00476. The van der Waals surface area contributed by atoms with Crippen molar-refractivity contribution >= 4 is 21.1 Å². The van der Waals surface area contributed by atoms with Crippen LogP contribution in [0.3, 0.4) is 0 Å². The highest BCUT2D eigenvalue weighted by Gasteiger charge is 2.25. The molecule has 0 saturated carbocycles. The molecule has 0 bridgehead atoms. The van der Waals surface area contributed by atoms with E-state index in [9.17, 15) is 8.42 Å². The number of aryl methyl sites for hydroxylation is 1. The van der Waals surface area contributed by atoms with Crippen LogP contribution in [0.2, 0.25) is 0 Å². The summed E-state index contributed by atoms with van der Waals surface area (Å²) < 4.78 is 29.1. The first-order valence-corrected chi connectivity index (χ1v) is 11.6. The van der Waals surface area contributed by atoms with Gasteiger partial charge in [-0.25, -0.2) is 13.1 Å². The lowest BCUT2D eigenvalue weighted by atomic mass is 10.1. The molecule has 0 spiro atoms. The van der Waals surface area contributed by atoms with Crippen LogP contribution in [0.1, 0.15) is 37.3 Å². The van der Waals surface area contributed by atoms with Gasteiger partial charge in [-0.2, -0.15) is 15.0 Å². The maximum Gasteiger partial charge on any atom is 0.242 e. The van der Waals surface area contributed by atoms with Gasteiger partial charge in [0.1, 0.15) is 15.9 Å². The van der Waals surface area contributed by atoms with Gasteiger partial charge in [-0.1, -0.05) is 49.2 Å². The molecule has 0 unspecified atom stereocenters. The van der Waals surface area contributed by atoms with Crippen LogP contribution >= 0.6 is 0 Å². The molecule has 0 amide bonds. The summed E-state index contributed by atoms with van der Waals surface area (Å²) in [7, 11) is -2.03. The molecule has 1 fully saturated rings. The Kier molecular flexibility index (Phi) is 5.94. The molecular formula is C21H27N5O2S. The third-order valence-corrected chi connectivity index (χ3v) is 6.95. The van der Waals surface area contributed by atoms with E-state index in [1.54, 1.807) is 25.2 Å². The topological polar surface area (TPSA) is 80.1 Å². The third-order valence-electron chi connectivity index (χ3n) is 5.50. The normalized spacial score (nSPS) is 17.3. The molecule has 1 aliphatic rings. The van der Waals surface area contributed by atoms with Crippen molar-refractivity contribution in [2.45, 2.75) is 36.6 Å². The highest BCUT2D eigenvalue weighted by Crippen LogP contribution is 2.25. The lowest BCUT2D eigenvalue weighted by molar-refractivity contribution is 0.206. The summed E-state index contributed by atoms with van der Waals surface area (Å²) >= 11 is 0. The fourth-order valence-electron chi connectivity index (χ4n) is 4.04. The van der Waals surface area contributed by atoms with E-state index in [1.165, 1.54) is 17.6 Å². The van der Waals surface area contributed by atoms with Crippen molar-refractivity contribution in [3.05, 3.63) is 54.1 Å². The molecule has 154 valence electrons. The molecule has 1 saturated heterocycles. The van der Waals surface area contributed by atoms with E-state index in [-0.39, 0.29) is 10.9 Å². The first-order chi connectivity index (χ1) is 14.0. The summed E-state index contributed by atoms with van der Waals surface area (Å²) in [6.45, 7) is 2.30. The zero-order valence-electron chi connectivity index (χ0n) is 16.7. The first-order valence-electron chi connectivity index (χ1n) is 10.1. The average Bonchev–Trinajstić information content (AvgIpc) is 2.91. The van der Waals surface area contributed by atoms with Gasteiger partial charge >= 0.3 is 0 Å². The van der Waals surface area contributed by atoms with Gasteiger partial charge < -0.3 is 0 Å². The van der Waals surface area contributed by atoms with E-state index in [0.717, 1.165) is 31.5 Å². The van der Waals surface area contributed by atoms with E-state index in [1.807, 2.05) is 18.2 Å². The van der Waals surface area contributed by atoms with E-state index in [0.29, 0.717) is 17.6 Å². The molecule has 2 heterocycles. The zero-order valence-corrected chi connectivity index (χ0v) is 17.5. The standard InChI is InChI=1S/C21H27N5O2S/c1-25-23-18-12-9-13-20(21(18)24-25)29(27,28)22-16-19(17-10-5-4-6-11-17)26-14-7-2-3-8-15-26/h4-6,9-13,19,22H,2-3,7-8,14-16H2,1H3/t19-/m1/s1. The van der Waals surface area contributed by atoms with E-state index in [4.69, 9.17) is 0 Å². The quantitative estimate of drug-likeness (QED) is 0.672. The second kappa shape index (κ2) is 8.61. The average molecular weight is 414 g/mol. The Morgan fingerprint density at radius 1 is 0.966 bits per heavy atom. The van der Waals surface area contributed by atoms with Crippen molar-refractivity contribution in [3.63, 3.8) is 0 Å². The van der Waals surface area contributed by atoms with Crippen LogP contribution in [0.5, 0.6) is 0 Å². The number of likely N-dealkylation sites (tertiary alicyclic amines) is 1. The minimum Gasteiger partial charge on any atom is -0.295 e. The molecule has 1 atom stereocenters. The molecule has 7 nitrogen and oxygen atoms in total. The predicted molar refractivity (Wildman–Crippen MR) is 113 cm³/mol. The van der Waals surface area contributed by atoms with Gasteiger partial charge in [0, 0.05) is 19.6 Å². The molecule has 1 N–H and O–H groups in total. The van der Waals surface area contributed by atoms with Crippen LogP contribution < -0.4 is 4.72 Å². The van der Waals surface area contributed by atoms with E-state index in [2.05, 4.69) is 32.0 Å². The Morgan fingerprint density at radius 3 is 2.41 bits per heavy atom. The van der Waals surface area contributed by atoms with Crippen LogP contribution in [-0.2, 0) is 17.1 Å². The van der Waals surface area contributed by atoms with Gasteiger partial charge in [-0.3, -0.25) is 4.90 Å². The molecule has 4 rings (SSSR count). The number of nitrogens with zero attached hydrogens (tertiary/aromatic N) is 4. The Labute approximate surface area is 171 Å². The maximum absolute atomic E-state index is 13.1. The molecule has 3 aromatic rings. The lowest BCUT2D eigenvalue weighted by Crippen LogP contribution is -2.38. The number of aromatic nitrogens is 3. The number of hydrogen-bond donors (Lipinski definition) is 1. The Balaban J connectivity index is 1.60. The summed E-state index contributed by atoms with van der Waals surface area (Å²) in [5.41, 5.74) is 2.10. The molecule has 0 radical (unpaired) electrons. The molecule has 29 heavy (non-hydrogen) atoms. The molecule has 8 heteroatoms. The fraction of sp³-hybridized carbons (Fsp3) is 0.429. The van der Waals surface area contributed by atoms with Gasteiger partial charge in [0.15, 0.2) is 0 Å². The highest BCUT2D eigenvalue weighted by molar-refractivity contribution is 7.89. The number of fused-ring (bicyclic) bond motifs is 1. The van der Waals surface area contributed by atoms with Gasteiger partial charge in [0.25, 0.3) is 0 Å². The highest BCUT2D eigenvalue weighted by atomic mass is 32.2. The van der Waals surface area contributed by atoms with Crippen molar-refractivity contribution in [1.29, 1.82) is 0 Å². The van der Waals surface area contributed by atoms with Crippen LogP contribution in [0, 0.1) is 0 Å². The largest absolute Gasteiger partial charge is 0.295 e. The molecule has 2 aromatic carbocycles. The number of hydrogen-bond acceptors (Lipinski definition) is 5. The molecular weight excluding hydrogens is 386 g/mol. The lowest BCUT2D eigenvalue weighted by Gasteiger charge is -2.31. The summed E-state index contributed by atoms with van der Waals surface area (Å²) in [6.07, 6.45) is 4.76. The van der Waals surface area contributed by atoms with Gasteiger partial charge in [-0.05, 0) is 43.6 Å². The molecule has 1 aliphatic heterocycles. The van der Waals surface area contributed by atoms with E-state index >= 15 is 0 Å². The molecule has 1 aromatic heterocycles. The SMILES string of the molecule is Cn1nc2cccc(S(=O)(=O)NC[C@H](c3ccccc3)N3CCCCCC3)c2n1. The minimum atomic E-state index is -3.72. The first kappa shape index (κ1) is 20.0. The van der Waals surface area contributed by atoms with Crippen molar-refractivity contribution in [1.82, 2.24) is 24.6 Å². The maximum atomic E-state index is 13.1. The summed E-state index contributed by atoms with van der Waals surface area (Å²) in [5.74, 6) is 0. The van der Waals surface area contributed by atoms with Gasteiger partial charge in [0.05, 0.1) is 0 Å². The Hall–Kier alpha value is -2.29. The van der Waals surface area contributed by atoms with Crippen LogP contribution in [0.4, 0.5) is 0 Å². The van der Waals surface area contributed by atoms with Crippen molar-refractivity contribution in [2.24, 2.45) is 7.05 Å². The summed E-state index contributed by atoms with van der Waals surface area (Å²) in [6, 6.07) is 15.2. The number of nitrogens with one attached hydrogen (secondary N) is 1. The smallest absolute Gasteiger partial charge is 0.242 e. The van der Waals surface area contributed by atoms with Gasteiger partial charge in [-0.15, -0.1) is 0 Å². The molecule has 0 aliphatic carbocycles. The van der Waals surface area contributed by atoms with Crippen LogP contribution in [0.15, 0.2) is 53.4 Å². The number of rotatable bonds is 6. The number of benzene rings is 2. The third kappa shape index (κ3) is 4.49.